The van der Waals surface area contributed by atoms with Crippen LogP contribution in [0.15, 0.2) is 6.33 Å². The van der Waals surface area contributed by atoms with E-state index in [1.54, 1.807) is 0 Å². The molecule has 0 saturated heterocycles. The molecule has 2 aliphatic carbocycles. The molecule has 2 heterocycles. The molecule has 4 rings (SSSR count). The first-order chi connectivity index (χ1) is 11.2. The highest BCUT2D eigenvalue weighted by atomic mass is 16.3. The molecule has 126 valence electrons. The summed E-state index contributed by atoms with van der Waals surface area (Å²) in [5, 5.41) is 15.6. The monoisotopic (exact) mass is 325 g/mol. The van der Waals surface area contributed by atoms with Gasteiger partial charge in [0.1, 0.15) is 17.7 Å². The molecule has 6 heteroatoms. The summed E-state index contributed by atoms with van der Waals surface area (Å²) in [6.45, 7) is 8.27. The van der Waals surface area contributed by atoms with Crippen molar-refractivity contribution in [2.45, 2.75) is 52.6 Å². The van der Waals surface area contributed by atoms with Crippen LogP contribution in [0.3, 0.4) is 0 Å². The Balaban J connectivity index is 1.85. The number of fused-ring (bicyclic) bond motifs is 3. The summed E-state index contributed by atoms with van der Waals surface area (Å²) in [4.78, 5) is 8.45. The molecule has 0 radical (unpaired) electrons. The molecular weight excluding hydrogens is 302 g/mol. The van der Waals surface area contributed by atoms with Gasteiger partial charge in [-0.2, -0.15) is 14.6 Å². The Bertz CT molecular complexity index is 898. The van der Waals surface area contributed by atoms with Crippen LogP contribution < -0.4 is 5.73 Å². The summed E-state index contributed by atoms with van der Waals surface area (Å²) in [6.07, 6.45) is 4.63. The van der Waals surface area contributed by atoms with Crippen LogP contribution in [0.4, 0.5) is 5.82 Å². The van der Waals surface area contributed by atoms with Crippen molar-refractivity contribution < 1.29 is 5.11 Å². The molecule has 0 spiro atoms. The highest BCUT2D eigenvalue weighted by Crippen LogP contribution is 2.67. The van der Waals surface area contributed by atoms with Crippen molar-refractivity contribution in [3.8, 4) is 11.8 Å². The number of hydrogen-bond donors (Lipinski definition) is 2. The van der Waals surface area contributed by atoms with Crippen molar-refractivity contribution in [3.05, 3.63) is 17.6 Å². The molecule has 0 aliphatic heterocycles. The fraction of sp³-hybridized carbons (Fsp3) is 0.611. The average Bonchev–Trinajstić information content (AvgIpc) is 3.16. The van der Waals surface area contributed by atoms with Gasteiger partial charge in [-0.1, -0.05) is 32.6 Å². The van der Waals surface area contributed by atoms with E-state index in [4.69, 9.17) is 5.73 Å². The highest BCUT2D eigenvalue weighted by Gasteiger charge is 2.68. The largest absolute Gasteiger partial charge is 0.382 e. The van der Waals surface area contributed by atoms with E-state index < -0.39 is 5.60 Å². The molecule has 3 N–H and O–H groups in total. The van der Waals surface area contributed by atoms with Gasteiger partial charge >= 0.3 is 0 Å². The number of aromatic nitrogens is 4. The SMILES string of the molecule is Cc1nc2ncnn2c(N)c1C#C[C@]1(O)C(C)(C)[C@H]2CC[C@@]1(C)C2. The second-order valence-corrected chi connectivity index (χ2v) is 8.11. The Morgan fingerprint density at radius 3 is 2.79 bits per heavy atom. The van der Waals surface area contributed by atoms with Gasteiger partial charge < -0.3 is 10.8 Å². The number of rotatable bonds is 0. The van der Waals surface area contributed by atoms with Gasteiger partial charge in [0, 0.05) is 10.8 Å². The van der Waals surface area contributed by atoms with E-state index in [2.05, 4.69) is 47.7 Å². The Kier molecular flexibility index (Phi) is 2.88. The fourth-order valence-electron chi connectivity index (χ4n) is 4.86. The van der Waals surface area contributed by atoms with Gasteiger partial charge in [0.05, 0.1) is 11.3 Å². The zero-order valence-corrected chi connectivity index (χ0v) is 14.6. The van der Waals surface area contributed by atoms with Crippen molar-refractivity contribution in [1.29, 1.82) is 0 Å². The van der Waals surface area contributed by atoms with Gasteiger partial charge in [0.15, 0.2) is 0 Å². The normalized spacial score (nSPS) is 33.6. The molecular formula is C18H23N5O. The Hall–Kier alpha value is -2.13. The summed E-state index contributed by atoms with van der Waals surface area (Å²) in [6, 6.07) is 0. The molecule has 0 aromatic carbocycles. The zero-order valence-electron chi connectivity index (χ0n) is 14.6. The number of nitrogens with zero attached hydrogens (tertiary/aromatic N) is 4. The Labute approximate surface area is 141 Å². The molecule has 2 aromatic heterocycles. The van der Waals surface area contributed by atoms with Crippen LogP contribution in [-0.2, 0) is 0 Å². The molecule has 2 fully saturated rings. The maximum absolute atomic E-state index is 11.5. The minimum atomic E-state index is -1.03. The molecule has 2 aliphatic rings. The van der Waals surface area contributed by atoms with Crippen molar-refractivity contribution in [2.24, 2.45) is 16.7 Å². The van der Waals surface area contributed by atoms with Gasteiger partial charge in [-0.25, -0.2) is 4.98 Å². The summed E-state index contributed by atoms with van der Waals surface area (Å²) in [5.74, 6) is 7.72. The van der Waals surface area contributed by atoms with Crippen molar-refractivity contribution >= 4 is 11.6 Å². The lowest BCUT2D eigenvalue weighted by molar-refractivity contribution is -0.0953. The van der Waals surface area contributed by atoms with Crippen molar-refractivity contribution in [1.82, 2.24) is 19.6 Å². The molecule has 3 atom stereocenters. The lowest BCUT2D eigenvalue weighted by Crippen LogP contribution is -2.53. The van der Waals surface area contributed by atoms with E-state index in [-0.39, 0.29) is 10.8 Å². The molecule has 2 bridgehead atoms. The molecule has 2 saturated carbocycles. The van der Waals surface area contributed by atoms with Crippen LogP contribution >= 0.6 is 0 Å². The van der Waals surface area contributed by atoms with Gasteiger partial charge in [0.25, 0.3) is 5.78 Å². The summed E-state index contributed by atoms with van der Waals surface area (Å²) in [5.41, 5.74) is 6.09. The zero-order chi connectivity index (χ0) is 17.3. The second kappa shape index (κ2) is 4.48. The topological polar surface area (TPSA) is 89.3 Å². The summed E-state index contributed by atoms with van der Waals surface area (Å²) in [7, 11) is 0. The maximum Gasteiger partial charge on any atom is 0.254 e. The van der Waals surface area contributed by atoms with Gasteiger partial charge in [-0.3, -0.25) is 0 Å². The van der Waals surface area contributed by atoms with Crippen molar-refractivity contribution in [3.63, 3.8) is 0 Å². The predicted octanol–water partition coefficient (Wildman–Crippen LogP) is 1.94. The van der Waals surface area contributed by atoms with Crippen LogP contribution in [0, 0.1) is 35.5 Å². The van der Waals surface area contributed by atoms with Gasteiger partial charge in [0.2, 0.25) is 0 Å². The molecule has 2 aromatic rings. The Morgan fingerprint density at radius 2 is 2.12 bits per heavy atom. The summed E-state index contributed by atoms with van der Waals surface area (Å²) >= 11 is 0. The second-order valence-electron chi connectivity index (χ2n) is 8.11. The fourth-order valence-corrected chi connectivity index (χ4v) is 4.86. The van der Waals surface area contributed by atoms with E-state index in [9.17, 15) is 5.11 Å². The lowest BCUT2D eigenvalue weighted by atomic mass is 9.60. The smallest absolute Gasteiger partial charge is 0.254 e. The van der Waals surface area contributed by atoms with E-state index >= 15 is 0 Å². The van der Waals surface area contributed by atoms with Crippen LogP contribution in [0.25, 0.3) is 5.78 Å². The number of anilines is 1. The predicted molar refractivity (Wildman–Crippen MR) is 91.0 cm³/mol. The third kappa shape index (κ3) is 1.68. The van der Waals surface area contributed by atoms with Crippen LogP contribution in [-0.4, -0.2) is 30.3 Å². The van der Waals surface area contributed by atoms with E-state index in [0.29, 0.717) is 28.8 Å². The number of nitrogens with two attached hydrogens (primary N) is 1. The van der Waals surface area contributed by atoms with E-state index in [1.807, 2.05) is 6.92 Å². The molecule has 6 nitrogen and oxygen atoms in total. The van der Waals surface area contributed by atoms with Crippen LogP contribution in [0.2, 0.25) is 0 Å². The average molecular weight is 325 g/mol. The minimum absolute atomic E-state index is 0.165. The third-order valence-electron chi connectivity index (χ3n) is 6.58. The number of aryl methyl sites for hydroxylation is 1. The van der Waals surface area contributed by atoms with Crippen LogP contribution in [0.1, 0.15) is 51.3 Å². The van der Waals surface area contributed by atoms with Gasteiger partial charge in [-0.05, 0) is 32.1 Å². The van der Waals surface area contributed by atoms with Crippen molar-refractivity contribution in [2.75, 3.05) is 5.73 Å². The first-order valence-corrected chi connectivity index (χ1v) is 8.41. The number of aliphatic hydroxyl groups is 1. The first-order valence-electron chi connectivity index (χ1n) is 8.41. The molecule has 0 unspecified atom stereocenters. The van der Waals surface area contributed by atoms with Gasteiger partial charge in [-0.15, -0.1) is 0 Å². The quantitative estimate of drug-likeness (QED) is 0.723. The van der Waals surface area contributed by atoms with Crippen LogP contribution in [0.5, 0.6) is 0 Å². The minimum Gasteiger partial charge on any atom is -0.382 e. The Morgan fingerprint density at radius 1 is 1.38 bits per heavy atom. The number of hydrogen-bond acceptors (Lipinski definition) is 5. The number of nitrogen functional groups attached to an aromatic ring is 1. The van der Waals surface area contributed by atoms with E-state index in [1.165, 1.54) is 17.3 Å². The maximum atomic E-state index is 11.5. The molecule has 0 amide bonds. The molecule has 24 heavy (non-hydrogen) atoms. The lowest BCUT2D eigenvalue weighted by Gasteiger charge is -2.47. The summed E-state index contributed by atoms with van der Waals surface area (Å²) < 4.78 is 1.48. The highest BCUT2D eigenvalue weighted by molar-refractivity contribution is 5.58. The first kappa shape index (κ1) is 15.4. The standard InChI is InChI=1S/C18H23N5O/c1-11-13(14(19)23-15(22-11)20-10-21-23)6-8-18(24)16(2,3)12-5-7-17(18,4)9-12/h10,12,24H,5,7,9,19H2,1-4H3/t12-,17-,18-/m0/s1. The van der Waals surface area contributed by atoms with E-state index in [0.717, 1.165) is 12.8 Å². The third-order valence-corrected chi connectivity index (χ3v) is 6.58.